The quantitative estimate of drug-likeness (QED) is 0.714. The molecule has 1 aliphatic rings. The van der Waals surface area contributed by atoms with Crippen LogP contribution in [0.3, 0.4) is 0 Å². The number of carbonyl (C=O) groups is 1. The van der Waals surface area contributed by atoms with Crippen LogP contribution in [-0.4, -0.2) is 5.78 Å². The van der Waals surface area contributed by atoms with E-state index in [2.05, 4.69) is 38.1 Å². The van der Waals surface area contributed by atoms with Crippen LogP contribution in [0, 0.1) is 13.8 Å². The van der Waals surface area contributed by atoms with Crippen molar-refractivity contribution in [2.45, 2.75) is 27.2 Å². The number of Topliss-reactive ketones (excluding diaryl/α,β-unsaturated/α-hetero) is 1. The first-order chi connectivity index (χ1) is 8.59. The van der Waals surface area contributed by atoms with Crippen LogP contribution in [0.5, 0.6) is 0 Å². The number of hydrogen-bond donors (Lipinski definition) is 0. The highest BCUT2D eigenvalue weighted by atomic mass is 16.1. The van der Waals surface area contributed by atoms with Crippen LogP contribution in [0.15, 0.2) is 60.2 Å². The van der Waals surface area contributed by atoms with E-state index in [9.17, 15) is 4.79 Å². The SMILES string of the molecule is CC(=O)C1=CC=CC=CC1.Cc1cccc(C)c1. The van der Waals surface area contributed by atoms with Crippen molar-refractivity contribution in [1.82, 2.24) is 0 Å². The molecule has 0 N–H and O–H groups in total. The molecule has 0 amide bonds. The Kier molecular flexibility index (Phi) is 5.86. The predicted molar refractivity (Wildman–Crippen MR) is 77.6 cm³/mol. The average molecular weight is 240 g/mol. The van der Waals surface area contributed by atoms with Gasteiger partial charge in [0.25, 0.3) is 0 Å². The summed E-state index contributed by atoms with van der Waals surface area (Å²) in [5.74, 6) is 0.163. The summed E-state index contributed by atoms with van der Waals surface area (Å²) in [6, 6.07) is 8.45. The molecule has 18 heavy (non-hydrogen) atoms. The maximum Gasteiger partial charge on any atom is 0.156 e. The molecule has 0 spiro atoms. The van der Waals surface area contributed by atoms with Gasteiger partial charge in [-0.1, -0.05) is 65.8 Å². The van der Waals surface area contributed by atoms with Crippen molar-refractivity contribution in [3.05, 3.63) is 71.3 Å². The fourth-order valence-corrected chi connectivity index (χ4v) is 1.65. The second-order valence-electron chi connectivity index (χ2n) is 4.42. The number of ketones is 1. The summed E-state index contributed by atoms with van der Waals surface area (Å²) in [5, 5.41) is 0. The first-order valence-electron chi connectivity index (χ1n) is 6.16. The molecular weight excluding hydrogens is 220 g/mol. The maximum absolute atomic E-state index is 10.8. The Morgan fingerprint density at radius 2 is 1.72 bits per heavy atom. The van der Waals surface area contributed by atoms with E-state index in [4.69, 9.17) is 0 Å². The van der Waals surface area contributed by atoms with Crippen LogP contribution in [0.2, 0.25) is 0 Å². The van der Waals surface area contributed by atoms with E-state index in [0.29, 0.717) is 0 Å². The summed E-state index contributed by atoms with van der Waals surface area (Å²) in [7, 11) is 0. The number of aryl methyl sites for hydroxylation is 2. The van der Waals surface area contributed by atoms with Gasteiger partial charge in [-0.3, -0.25) is 4.79 Å². The molecule has 0 unspecified atom stereocenters. The molecule has 0 bridgehead atoms. The summed E-state index contributed by atoms with van der Waals surface area (Å²) in [4.78, 5) is 10.8. The topological polar surface area (TPSA) is 17.1 Å². The summed E-state index contributed by atoms with van der Waals surface area (Å²) >= 11 is 0. The van der Waals surface area contributed by atoms with E-state index in [-0.39, 0.29) is 5.78 Å². The van der Waals surface area contributed by atoms with Crippen LogP contribution < -0.4 is 0 Å². The number of allylic oxidation sites excluding steroid dienone is 6. The lowest BCUT2D eigenvalue weighted by Crippen LogP contribution is -1.93. The molecule has 1 aromatic rings. The lowest BCUT2D eigenvalue weighted by molar-refractivity contribution is -0.113. The Bertz CT molecular complexity index is 473. The smallest absolute Gasteiger partial charge is 0.156 e. The first-order valence-corrected chi connectivity index (χ1v) is 6.16. The highest BCUT2D eigenvalue weighted by Crippen LogP contribution is 2.07. The molecule has 94 valence electrons. The Balaban J connectivity index is 0.000000184. The Morgan fingerprint density at radius 1 is 1.06 bits per heavy atom. The summed E-state index contributed by atoms with van der Waals surface area (Å²) < 4.78 is 0. The van der Waals surface area contributed by atoms with Gasteiger partial charge in [-0.25, -0.2) is 0 Å². The second-order valence-corrected chi connectivity index (χ2v) is 4.42. The number of carbonyl (C=O) groups excluding carboxylic acids is 1. The third-order valence-electron chi connectivity index (χ3n) is 2.62. The highest BCUT2D eigenvalue weighted by molar-refractivity contribution is 5.93. The number of hydrogen-bond acceptors (Lipinski definition) is 1. The standard InChI is InChI=1S/C9H10O.C8H10/c1-8(10)9-6-4-2-3-5-7-9;1-7-4-3-5-8(2)6-7/h2-6H,7H2,1H3;3-6H,1-2H3. The minimum absolute atomic E-state index is 0.163. The molecule has 2 rings (SSSR count). The van der Waals surface area contributed by atoms with Gasteiger partial charge in [0.2, 0.25) is 0 Å². The fourth-order valence-electron chi connectivity index (χ4n) is 1.65. The van der Waals surface area contributed by atoms with E-state index in [0.717, 1.165) is 12.0 Å². The third kappa shape index (κ3) is 5.44. The lowest BCUT2D eigenvalue weighted by atomic mass is 10.1. The average Bonchev–Trinajstić information content (AvgIpc) is 2.57. The van der Waals surface area contributed by atoms with Crippen molar-refractivity contribution in [3.63, 3.8) is 0 Å². The van der Waals surface area contributed by atoms with E-state index in [1.165, 1.54) is 11.1 Å². The molecule has 1 nitrogen and oxygen atoms in total. The minimum Gasteiger partial charge on any atom is -0.295 e. The van der Waals surface area contributed by atoms with Gasteiger partial charge in [0.15, 0.2) is 5.78 Å². The van der Waals surface area contributed by atoms with Gasteiger partial charge in [0, 0.05) is 0 Å². The molecule has 0 saturated heterocycles. The molecule has 0 aromatic heterocycles. The third-order valence-corrected chi connectivity index (χ3v) is 2.62. The number of benzene rings is 1. The monoisotopic (exact) mass is 240 g/mol. The predicted octanol–water partition coefficient (Wildman–Crippen LogP) is 4.32. The molecule has 0 fully saturated rings. The van der Waals surface area contributed by atoms with E-state index >= 15 is 0 Å². The summed E-state index contributed by atoms with van der Waals surface area (Å²) in [5.41, 5.74) is 3.56. The first kappa shape index (κ1) is 14.2. The van der Waals surface area contributed by atoms with Crippen molar-refractivity contribution in [2.24, 2.45) is 0 Å². The zero-order valence-corrected chi connectivity index (χ0v) is 11.3. The molecule has 0 heterocycles. The molecular formula is C17H20O. The fraction of sp³-hybridized carbons (Fsp3) is 0.235. The molecule has 1 aromatic carbocycles. The van der Waals surface area contributed by atoms with Gasteiger partial charge >= 0.3 is 0 Å². The van der Waals surface area contributed by atoms with Gasteiger partial charge in [0.1, 0.15) is 0 Å². The van der Waals surface area contributed by atoms with Crippen molar-refractivity contribution in [2.75, 3.05) is 0 Å². The lowest BCUT2D eigenvalue weighted by Gasteiger charge is -1.93. The molecule has 0 radical (unpaired) electrons. The molecule has 0 aliphatic heterocycles. The van der Waals surface area contributed by atoms with Gasteiger partial charge < -0.3 is 0 Å². The van der Waals surface area contributed by atoms with Crippen LogP contribution in [0.25, 0.3) is 0 Å². The van der Waals surface area contributed by atoms with Crippen LogP contribution in [0.1, 0.15) is 24.5 Å². The minimum atomic E-state index is 0.163. The molecule has 1 heteroatoms. The van der Waals surface area contributed by atoms with Gasteiger partial charge in [-0.05, 0) is 32.8 Å². The van der Waals surface area contributed by atoms with Crippen LogP contribution in [0.4, 0.5) is 0 Å². The van der Waals surface area contributed by atoms with Gasteiger partial charge in [0.05, 0.1) is 0 Å². The Labute approximate surface area is 110 Å². The molecule has 1 aliphatic carbocycles. The number of rotatable bonds is 1. The van der Waals surface area contributed by atoms with Crippen molar-refractivity contribution in [1.29, 1.82) is 0 Å². The Hall–Kier alpha value is -1.89. The van der Waals surface area contributed by atoms with Gasteiger partial charge in [-0.2, -0.15) is 0 Å². The molecule has 0 saturated carbocycles. The van der Waals surface area contributed by atoms with Crippen molar-refractivity contribution in [3.8, 4) is 0 Å². The van der Waals surface area contributed by atoms with Crippen molar-refractivity contribution >= 4 is 5.78 Å². The normalized spacial score (nSPS) is 13.2. The maximum atomic E-state index is 10.8. The van der Waals surface area contributed by atoms with E-state index in [1.54, 1.807) is 6.92 Å². The zero-order chi connectivity index (χ0) is 13.4. The summed E-state index contributed by atoms with van der Waals surface area (Å²) in [6.45, 7) is 5.80. The van der Waals surface area contributed by atoms with Crippen molar-refractivity contribution < 1.29 is 4.79 Å². The molecule has 0 atom stereocenters. The summed E-state index contributed by atoms with van der Waals surface area (Å²) in [6.07, 6.45) is 10.4. The van der Waals surface area contributed by atoms with E-state index < -0.39 is 0 Å². The largest absolute Gasteiger partial charge is 0.295 e. The van der Waals surface area contributed by atoms with Crippen LogP contribution >= 0.6 is 0 Å². The Morgan fingerprint density at radius 3 is 2.22 bits per heavy atom. The van der Waals surface area contributed by atoms with Gasteiger partial charge in [-0.15, -0.1) is 0 Å². The second kappa shape index (κ2) is 7.44. The zero-order valence-electron chi connectivity index (χ0n) is 11.3. The highest BCUT2D eigenvalue weighted by Gasteiger charge is 1.99. The van der Waals surface area contributed by atoms with E-state index in [1.807, 2.05) is 30.4 Å². The van der Waals surface area contributed by atoms with Crippen LogP contribution in [-0.2, 0) is 4.79 Å².